The molecule has 0 aromatic heterocycles. The van der Waals surface area contributed by atoms with Crippen LogP contribution in [0.5, 0.6) is 17.2 Å². The lowest BCUT2D eigenvalue weighted by molar-refractivity contribution is 0.269. The predicted octanol–water partition coefficient (Wildman–Crippen LogP) is 8.01. The summed E-state index contributed by atoms with van der Waals surface area (Å²) in [7, 11) is 1.59. The summed E-state index contributed by atoms with van der Waals surface area (Å²) in [4.78, 5) is 0. The number of anilines is 1. The smallest absolute Gasteiger partial charge is 0.162 e. The summed E-state index contributed by atoms with van der Waals surface area (Å²) in [6.45, 7) is 3.22. The molecule has 0 atom stereocenters. The molecule has 3 aromatic carbocycles. The van der Waals surface area contributed by atoms with E-state index < -0.39 is 0 Å². The lowest BCUT2D eigenvalue weighted by atomic mass is 10.2. The first-order chi connectivity index (χ1) is 14.9. The molecular weight excluding hydrogens is 525 g/mol. The quantitative estimate of drug-likeness (QED) is 0.296. The van der Waals surface area contributed by atoms with E-state index in [0.29, 0.717) is 45.5 Å². The minimum absolute atomic E-state index is 0.229. The van der Waals surface area contributed by atoms with Crippen LogP contribution >= 0.6 is 50.7 Å². The van der Waals surface area contributed by atoms with Gasteiger partial charge in [0, 0.05) is 32.3 Å². The Balaban J connectivity index is 1.77. The zero-order valence-electron chi connectivity index (χ0n) is 17.0. The third kappa shape index (κ3) is 6.13. The van der Waals surface area contributed by atoms with Crippen molar-refractivity contribution in [2.24, 2.45) is 0 Å². The van der Waals surface area contributed by atoms with Crippen LogP contribution in [0.15, 0.2) is 53.0 Å². The fourth-order valence-corrected chi connectivity index (χ4v) is 4.11. The average Bonchev–Trinajstić information content (AvgIpc) is 2.74. The second kappa shape index (κ2) is 11.2. The van der Waals surface area contributed by atoms with Gasteiger partial charge in [0.1, 0.15) is 12.4 Å². The molecule has 3 rings (SSSR count). The first kappa shape index (κ1) is 23.9. The summed E-state index contributed by atoms with van der Waals surface area (Å²) < 4.78 is 17.9. The van der Waals surface area contributed by atoms with Gasteiger partial charge < -0.3 is 19.5 Å². The van der Waals surface area contributed by atoms with Crippen LogP contribution in [0.1, 0.15) is 18.1 Å². The van der Waals surface area contributed by atoms with Crippen molar-refractivity contribution in [2.45, 2.75) is 20.1 Å². The van der Waals surface area contributed by atoms with Crippen LogP contribution in [0.4, 0.5) is 5.69 Å². The highest BCUT2D eigenvalue weighted by Crippen LogP contribution is 2.36. The van der Waals surface area contributed by atoms with Gasteiger partial charge in [-0.1, -0.05) is 56.8 Å². The van der Waals surface area contributed by atoms with E-state index in [2.05, 4.69) is 21.2 Å². The number of nitrogens with one attached hydrogen (secondary N) is 1. The number of hydrogen-bond acceptors (Lipinski definition) is 4. The highest BCUT2D eigenvalue weighted by atomic mass is 79.9. The second-order valence-electron chi connectivity index (χ2n) is 6.52. The Morgan fingerprint density at radius 2 is 1.58 bits per heavy atom. The van der Waals surface area contributed by atoms with E-state index in [1.165, 1.54) is 0 Å². The standard InChI is InChI=1S/C23H21BrCl3NO3/c1-3-30-22-9-14(12-28-15-7-8-21(29-2)20(27)10-15)17(24)11-23(22)31-13-16-18(25)5-4-6-19(16)26/h4-11,28H,3,12-13H2,1-2H3. The summed E-state index contributed by atoms with van der Waals surface area (Å²) in [6, 6.07) is 14.7. The van der Waals surface area contributed by atoms with Crippen LogP contribution in [0.2, 0.25) is 15.1 Å². The number of halogens is 4. The molecule has 0 fully saturated rings. The van der Waals surface area contributed by atoms with Gasteiger partial charge in [0.25, 0.3) is 0 Å². The van der Waals surface area contributed by atoms with Crippen molar-refractivity contribution in [2.75, 3.05) is 19.0 Å². The van der Waals surface area contributed by atoms with E-state index in [9.17, 15) is 0 Å². The van der Waals surface area contributed by atoms with Crippen LogP contribution in [0.3, 0.4) is 0 Å². The summed E-state index contributed by atoms with van der Waals surface area (Å²) in [6.07, 6.45) is 0. The highest BCUT2D eigenvalue weighted by molar-refractivity contribution is 9.10. The Morgan fingerprint density at radius 1 is 0.871 bits per heavy atom. The number of methoxy groups -OCH3 is 1. The van der Waals surface area contributed by atoms with Crippen LogP contribution in [0, 0.1) is 0 Å². The first-order valence-electron chi connectivity index (χ1n) is 9.51. The average molecular weight is 546 g/mol. The molecule has 0 unspecified atom stereocenters. The van der Waals surface area contributed by atoms with Gasteiger partial charge in [-0.15, -0.1) is 0 Å². The van der Waals surface area contributed by atoms with E-state index in [-0.39, 0.29) is 6.61 Å². The molecular formula is C23H21BrCl3NO3. The van der Waals surface area contributed by atoms with Gasteiger partial charge in [-0.2, -0.15) is 0 Å². The molecule has 0 aliphatic rings. The van der Waals surface area contributed by atoms with Gasteiger partial charge in [-0.05, 0) is 55.0 Å². The lowest BCUT2D eigenvalue weighted by Crippen LogP contribution is -2.04. The fraction of sp³-hybridized carbons (Fsp3) is 0.217. The van der Waals surface area contributed by atoms with Crippen molar-refractivity contribution in [3.8, 4) is 17.2 Å². The van der Waals surface area contributed by atoms with E-state index >= 15 is 0 Å². The van der Waals surface area contributed by atoms with Crippen molar-refractivity contribution in [3.63, 3.8) is 0 Å². The third-order valence-electron chi connectivity index (χ3n) is 4.48. The van der Waals surface area contributed by atoms with E-state index in [4.69, 9.17) is 49.0 Å². The van der Waals surface area contributed by atoms with Crippen LogP contribution in [-0.4, -0.2) is 13.7 Å². The third-order valence-corrected chi connectivity index (χ3v) is 6.22. The van der Waals surface area contributed by atoms with Crippen LogP contribution in [0.25, 0.3) is 0 Å². The zero-order chi connectivity index (χ0) is 22.4. The maximum absolute atomic E-state index is 6.25. The topological polar surface area (TPSA) is 39.7 Å². The van der Waals surface area contributed by atoms with Crippen LogP contribution in [-0.2, 0) is 13.2 Å². The molecule has 3 aromatic rings. The maximum atomic E-state index is 6.25. The fourth-order valence-electron chi connectivity index (χ4n) is 2.89. The molecule has 0 spiro atoms. The van der Waals surface area contributed by atoms with Gasteiger partial charge in [0.15, 0.2) is 11.5 Å². The van der Waals surface area contributed by atoms with Gasteiger partial charge in [0.05, 0.1) is 18.7 Å². The van der Waals surface area contributed by atoms with Gasteiger partial charge in [-0.3, -0.25) is 0 Å². The molecule has 8 heteroatoms. The van der Waals surface area contributed by atoms with E-state index in [1.807, 2.05) is 37.3 Å². The Kier molecular flexibility index (Phi) is 8.61. The van der Waals surface area contributed by atoms with E-state index in [0.717, 1.165) is 21.3 Å². The zero-order valence-corrected chi connectivity index (χ0v) is 20.8. The van der Waals surface area contributed by atoms with Crippen LogP contribution < -0.4 is 19.5 Å². The Hall–Kier alpha value is -1.79. The molecule has 0 aliphatic carbocycles. The number of hydrogen-bond donors (Lipinski definition) is 1. The summed E-state index contributed by atoms with van der Waals surface area (Å²) in [5.74, 6) is 1.87. The molecule has 0 saturated carbocycles. The molecule has 31 heavy (non-hydrogen) atoms. The minimum Gasteiger partial charge on any atom is -0.495 e. The molecule has 4 nitrogen and oxygen atoms in total. The molecule has 164 valence electrons. The number of ether oxygens (including phenoxy) is 3. The molecule has 1 N–H and O–H groups in total. The molecule has 0 saturated heterocycles. The molecule has 0 bridgehead atoms. The molecule has 0 amide bonds. The predicted molar refractivity (Wildman–Crippen MR) is 131 cm³/mol. The van der Waals surface area contributed by atoms with Crippen molar-refractivity contribution in [1.82, 2.24) is 0 Å². The molecule has 0 radical (unpaired) electrons. The monoisotopic (exact) mass is 543 g/mol. The molecule has 0 heterocycles. The summed E-state index contributed by atoms with van der Waals surface area (Å²) in [5.41, 5.74) is 2.61. The van der Waals surface area contributed by atoms with Crippen molar-refractivity contribution in [3.05, 3.63) is 79.2 Å². The summed E-state index contributed by atoms with van der Waals surface area (Å²) >= 11 is 22.3. The SMILES string of the molecule is CCOc1cc(CNc2ccc(OC)c(Cl)c2)c(Br)cc1OCc1c(Cl)cccc1Cl. The minimum atomic E-state index is 0.229. The number of rotatable bonds is 9. The normalized spacial score (nSPS) is 10.6. The maximum Gasteiger partial charge on any atom is 0.162 e. The number of benzene rings is 3. The Morgan fingerprint density at radius 3 is 2.23 bits per heavy atom. The molecule has 0 aliphatic heterocycles. The highest BCUT2D eigenvalue weighted by Gasteiger charge is 2.14. The van der Waals surface area contributed by atoms with Gasteiger partial charge >= 0.3 is 0 Å². The lowest BCUT2D eigenvalue weighted by Gasteiger charge is -2.17. The van der Waals surface area contributed by atoms with Gasteiger partial charge in [-0.25, -0.2) is 0 Å². The first-order valence-corrected chi connectivity index (χ1v) is 11.4. The Bertz CT molecular complexity index is 1040. The second-order valence-corrected chi connectivity index (χ2v) is 8.59. The van der Waals surface area contributed by atoms with Crippen molar-refractivity contribution >= 4 is 56.4 Å². The van der Waals surface area contributed by atoms with Crippen molar-refractivity contribution in [1.29, 1.82) is 0 Å². The van der Waals surface area contributed by atoms with Crippen molar-refractivity contribution < 1.29 is 14.2 Å². The largest absolute Gasteiger partial charge is 0.495 e. The van der Waals surface area contributed by atoms with Gasteiger partial charge in [0.2, 0.25) is 0 Å². The Labute approximate surface area is 205 Å². The van der Waals surface area contributed by atoms with E-state index in [1.54, 1.807) is 25.3 Å². The summed E-state index contributed by atoms with van der Waals surface area (Å²) in [5, 5.41) is 5.02.